The summed E-state index contributed by atoms with van der Waals surface area (Å²) < 4.78 is 6.06. The fourth-order valence-corrected chi connectivity index (χ4v) is 2.23. The number of hydrogen-bond acceptors (Lipinski definition) is 2. The van der Waals surface area contributed by atoms with E-state index in [-0.39, 0.29) is 12.1 Å². The lowest BCUT2D eigenvalue weighted by atomic mass is 10.0. The summed E-state index contributed by atoms with van der Waals surface area (Å²) in [7, 11) is 0. The van der Waals surface area contributed by atoms with Gasteiger partial charge in [0, 0.05) is 16.6 Å². The number of para-hydroxylation sites is 1. The van der Waals surface area contributed by atoms with Crippen LogP contribution in [-0.4, -0.2) is 6.04 Å². The highest BCUT2D eigenvalue weighted by molar-refractivity contribution is 6.31. The van der Waals surface area contributed by atoms with E-state index in [1.165, 1.54) is 0 Å². The van der Waals surface area contributed by atoms with Gasteiger partial charge in [-0.1, -0.05) is 48.0 Å². The lowest BCUT2D eigenvalue weighted by Crippen LogP contribution is -2.29. The molecule has 0 heterocycles. The SMILES string of the molecule is Cc1ccccc1OC(c1ccccc1Cl)C(C)N. The van der Waals surface area contributed by atoms with Crippen LogP contribution in [0.2, 0.25) is 5.02 Å². The van der Waals surface area contributed by atoms with Crippen LogP contribution in [0.1, 0.15) is 24.2 Å². The van der Waals surface area contributed by atoms with E-state index in [0.717, 1.165) is 16.9 Å². The molecule has 100 valence electrons. The highest BCUT2D eigenvalue weighted by Crippen LogP contribution is 2.30. The van der Waals surface area contributed by atoms with Gasteiger partial charge < -0.3 is 10.5 Å². The zero-order valence-corrected chi connectivity index (χ0v) is 11.9. The third kappa shape index (κ3) is 3.28. The molecule has 0 amide bonds. The fraction of sp³-hybridized carbons (Fsp3) is 0.250. The second-order valence-electron chi connectivity index (χ2n) is 4.68. The zero-order valence-electron chi connectivity index (χ0n) is 11.1. The molecule has 2 aromatic carbocycles. The third-order valence-electron chi connectivity index (χ3n) is 3.04. The Morgan fingerprint density at radius 1 is 1.05 bits per heavy atom. The monoisotopic (exact) mass is 275 g/mol. The zero-order chi connectivity index (χ0) is 13.8. The van der Waals surface area contributed by atoms with Crippen molar-refractivity contribution in [2.75, 3.05) is 0 Å². The van der Waals surface area contributed by atoms with Gasteiger partial charge in [-0.25, -0.2) is 0 Å². The predicted octanol–water partition coefficient (Wildman–Crippen LogP) is 4.12. The molecular weight excluding hydrogens is 258 g/mol. The molecule has 0 aliphatic heterocycles. The summed E-state index contributed by atoms with van der Waals surface area (Å²) >= 11 is 6.23. The summed E-state index contributed by atoms with van der Waals surface area (Å²) in [6.07, 6.45) is -0.255. The van der Waals surface area contributed by atoms with Crippen molar-refractivity contribution < 1.29 is 4.74 Å². The van der Waals surface area contributed by atoms with E-state index < -0.39 is 0 Å². The molecule has 0 radical (unpaired) electrons. The molecule has 0 bridgehead atoms. The number of halogens is 1. The molecular formula is C16H18ClNO. The van der Waals surface area contributed by atoms with Gasteiger partial charge in [0.05, 0.1) is 0 Å². The Hall–Kier alpha value is -1.51. The van der Waals surface area contributed by atoms with Gasteiger partial charge in [-0.05, 0) is 31.5 Å². The smallest absolute Gasteiger partial charge is 0.140 e. The van der Waals surface area contributed by atoms with Crippen LogP contribution in [0.25, 0.3) is 0 Å². The van der Waals surface area contributed by atoms with E-state index >= 15 is 0 Å². The number of hydrogen-bond donors (Lipinski definition) is 1. The number of ether oxygens (including phenoxy) is 1. The van der Waals surface area contributed by atoms with Crippen molar-refractivity contribution >= 4 is 11.6 Å². The second-order valence-corrected chi connectivity index (χ2v) is 5.09. The minimum atomic E-state index is -0.255. The number of rotatable bonds is 4. The van der Waals surface area contributed by atoms with Gasteiger partial charge in [0.15, 0.2) is 0 Å². The molecule has 19 heavy (non-hydrogen) atoms. The second kappa shape index (κ2) is 6.09. The molecule has 2 unspecified atom stereocenters. The largest absolute Gasteiger partial charge is 0.484 e. The lowest BCUT2D eigenvalue weighted by Gasteiger charge is -2.24. The Morgan fingerprint density at radius 3 is 2.32 bits per heavy atom. The first-order valence-corrected chi connectivity index (χ1v) is 6.69. The summed E-state index contributed by atoms with van der Waals surface area (Å²) in [5.41, 5.74) is 8.05. The van der Waals surface area contributed by atoms with E-state index in [2.05, 4.69) is 0 Å². The summed E-state index contributed by atoms with van der Waals surface area (Å²) in [6, 6.07) is 15.4. The minimum Gasteiger partial charge on any atom is -0.484 e. The van der Waals surface area contributed by atoms with Gasteiger partial charge in [0.2, 0.25) is 0 Å². The number of aryl methyl sites for hydroxylation is 1. The molecule has 0 spiro atoms. The summed E-state index contributed by atoms with van der Waals surface area (Å²) in [5, 5.41) is 0.679. The Labute approximate surface area is 119 Å². The van der Waals surface area contributed by atoms with E-state index in [9.17, 15) is 0 Å². The molecule has 0 aromatic heterocycles. The normalized spacial score (nSPS) is 13.9. The molecule has 2 atom stereocenters. The van der Waals surface area contributed by atoms with Crippen molar-refractivity contribution in [2.45, 2.75) is 26.0 Å². The van der Waals surface area contributed by atoms with Crippen LogP contribution in [-0.2, 0) is 0 Å². The van der Waals surface area contributed by atoms with Crippen molar-refractivity contribution in [3.8, 4) is 5.75 Å². The lowest BCUT2D eigenvalue weighted by molar-refractivity contribution is 0.179. The molecule has 0 saturated heterocycles. The molecule has 0 aliphatic rings. The standard InChI is InChI=1S/C16H18ClNO/c1-11-7-3-6-10-15(11)19-16(12(2)18)13-8-4-5-9-14(13)17/h3-10,12,16H,18H2,1-2H3. The van der Waals surface area contributed by atoms with Crippen LogP contribution < -0.4 is 10.5 Å². The van der Waals surface area contributed by atoms with Crippen molar-refractivity contribution in [1.29, 1.82) is 0 Å². The molecule has 0 fully saturated rings. The first kappa shape index (κ1) is 13.9. The fourth-order valence-electron chi connectivity index (χ4n) is 1.99. The van der Waals surface area contributed by atoms with Gasteiger partial charge in [0.1, 0.15) is 11.9 Å². The summed E-state index contributed by atoms with van der Waals surface area (Å²) in [5.74, 6) is 0.838. The molecule has 2 nitrogen and oxygen atoms in total. The van der Waals surface area contributed by atoms with Gasteiger partial charge in [0.25, 0.3) is 0 Å². The predicted molar refractivity (Wildman–Crippen MR) is 79.6 cm³/mol. The van der Waals surface area contributed by atoms with E-state index in [0.29, 0.717) is 5.02 Å². The number of benzene rings is 2. The number of nitrogens with two attached hydrogens (primary N) is 1. The maximum absolute atomic E-state index is 6.23. The first-order chi connectivity index (χ1) is 9.09. The quantitative estimate of drug-likeness (QED) is 0.911. The van der Waals surface area contributed by atoms with Crippen molar-refractivity contribution in [3.63, 3.8) is 0 Å². The van der Waals surface area contributed by atoms with Gasteiger partial charge in [-0.3, -0.25) is 0 Å². The molecule has 2 rings (SSSR count). The first-order valence-electron chi connectivity index (χ1n) is 6.32. The van der Waals surface area contributed by atoms with E-state index in [1.54, 1.807) is 0 Å². The van der Waals surface area contributed by atoms with Crippen molar-refractivity contribution in [1.82, 2.24) is 0 Å². The molecule has 3 heteroatoms. The van der Waals surface area contributed by atoms with Gasteiger partial charge in [-0.2, -0.15) is 0 Å². The van der Waals surface area contributed by atoms with Crippen LogP contribution >= 0.6 is 11.6 Å². The minimum absolute atomic E-state index is 0.153. The van der Waals surface area contributed by atoms with Crippen molar-refractivity contribution in [3.05, 3.63) is 64.7 Å². The average molecular weight is 276 g/mol. The third-order valence-corrected chi connectivity index (χ3v) is 3.38. The van der Waals surface area contributed by atoms with Crippen LogP contribution in [0.15, 0.2) is 48.5 Å². The molecule has 2 aromatic rings. The van der Waals surface area contributed by atoms with Crippen LogP contribution in [0.4, 0.5) is 0 Å². The maximum Gasteiger partial charge on any atom is 0.140 e. The van der Waals surface area contributed by atoms with E-state index in [1.807, 2.05) is 62.4 Å². The summed E-state index contributed by atoms with van der Waals surface area (Å²) in [6.45, 7) is 3.94. The maximum atomic E-state index is 6.23. The van der Waals surface area contributed by atoms with Gasteiger partial charge in [-0.15, -0.1) is 0 Å². The topological polar surface area (TPSA) is 35.2 Å². The van der Waals surface area contributed by atoms with Crippen LogP contribution in [0.5, 0.6) is 5.75 Å². The summed E-state index contributed by atoms with van der Waals surface area (Å²) in [4.78, 5) is 0. The van der Waals surface area contributed by atoms with E-state index in [4.69, 9.17) is 22.1 Å². The Balaban J connectivity index is 2.33. The molecule has 0 aliphatic carbocycles. The average Bonchev–Trinajstić information content (AvgIpc) is 2.38. The van der Waals surface area contributed by atoms with Crippen molar-refractivity contribution in [2.24, 2.45) is 5.73 Å². The molecule has 0 saturated carbocycles. The van der Waals surface area contributed by atoms with Crippen LogP contribution in [0.3, 0.4) is 0 Å². The highest BCUT2D eigenvalue weighted by Gasteiger charge is 2.21. The van der Waals surface area contributed by atoms with Crippen LogP contribution in [0, 0.1) is 6.92 Å². The Bertz CT molecular complexity index is 554. The Kier molecular flexibility index (Phi) is 4.46. The highest BCUT2D eigenvalue weighted by atomic mass is 35.5. The molecule has 2 N–H and O–H groups in total. The Morgan fingerprint density at radius 2 is 1.68 bits per heavy atom. The van der Waals surface area contributed by atoms with Gasteiger partial charge >= 0.3 is 0 Å².